The number of fused-ring (bicyclic) bond motifs is 1. The molecule has 2 amide bonds. The highest BCUT2D eigenvalue weighted by atomic mass is 19.4. The van der Waals surface area contributed by atoms with Crippen LogP contribution in [0.25, 0.3) is 11.1 Å². The number of pyridine rings is 1. The molecule has 38 heavy (non-hydrogen) atoms. The minimum Gasteiger partial charge on any atom is -0.475 e. The molecule has 206 valence electrons. The van der Waals surface area contributed by atoms with Gasteiger partial charge in [-0.25, -0.2) is 4.79 Å². The zero-order valence-electron chi connectivity index (χ0n) is 21.5. The molecule has 2 saturated heterocycles. The molecule has 3 heterocycles. The number of hydrogen-bond donors (Lipinski definition) is 2. The van der Waals surface area contributed by atoms with Crippen LogP contribution in [0.1, 0.15) is 31.7 Å². The van der Waals surface area contributed by atoms with E-state index in [1.165, 1.54) is 4.90 Å². The number of morpholine rings is 1. The van der Waals surface area contributed by atoms with Crippen LogP contribution in [0.4, 0.5) is 29.5 Å². The maximum Gasteiger partial charge on any atom is 0.389 e. The first-order valence-electron chi connectivity index (χ1n) is 13.0. The number of halogens is 3. The number of aliphatic hydroxyl groups excluding tert-OH is 1. The number of carbonyl (C=O) groups excluding carboxylic acids is 1. The van der Waals surface area contributed by atoms with E-state index in [0.29, 0.717) is 37.7 Å². The molecular weight excluding hydrogens is 501 g/mol. The SMILES string of the molecule is Cc1ccc(NC(=O)N2CC[C@@H](CC(F)(F)F)C2)cc1-c1cc(OC[C@@H](C)O)nc(N2CCOC3CC32)c1. The zero-order valence-corrected chi connectivity index (χ0v) is 21.5. The van der Waals surface area contributed by atoms with Gasteiger partial charge < -0.3 is 29.7 Å². The Bertz CT molecular complexity index is 1180. The van der Waals surface area contributed by atoms with Gasteiger partial charge in [0.2, 0.25) is 5.88 Å². The normalized spacial score (nSPS) is 23.7. The second-order valence-electron chi connectivity index (χ2n) is 10.5. The summed E-state index contributed by atoms with van der Waals surface area (Å²) in [6.07, 6.45) is -4.24. The lowest BCUT2D eigenvalue weighted by Crippen LogP contribution is -2.37. The molecule has 2 aliphatic heterocycles. The number of likely N-dealkylation sites (tertiary alicyclic amines) is 1. The van der Waals surface area contributed by atoms with E-state index in [-0.39, 0.29) is 25.3 Å². The lowest BCUT2D eigenvalue weighted by Gasteiger charge is -2.28. The van der Waals surface area contributed by atoms with E-state index >= 15 is 0 Å². The summed E-state index contributed by atoms with van der Waals surface area (Å²) in [5.74, 6) is 0.583. The fourth-order valence-corrected chi connectivity index (χ4v) is 5.22. The molecule has 2 unspecified atom stereocenters. The van der Waals surface area contributed by atoms with Crippen LogP contribution < -0.4 is 15.0 Å². The number of aromatic nitrogens is 1. The summed E-state index contributed by atoms with van der Waals surface area (Å²) in [7, 11) is 0. The van der Waals surface area contributed by atoms with Gasteiger partial charge in [0.25, 0.3) is 0 Å². The van der Waals surface area contributed by atoms with Gasteiger partial charge >= 0.3 is 12.2 Å². The summed E-state index contributed by atoms with van der Waals surface area (Å²) in [6.45, 7) is 5.43. The van der Waals surface area contributed by atoms with Gasteiger partial charge in [-0.15, -0.1) is 0 Å². The van der Waals surface area contributed by atoms with E-state index in [1.54, 1.807) is 13.0 Å². The Morgan fingerprint density at radius 3 is 2.87 bits per heavy atom. The third-order valence-corrected chi connectivity index (χ3v) is 7.21. The third kappa shape index (κ3) is 6.32. The van der Waals surface area contributed by atoms with Crippen molar-refractivity contribution in [2.24, 2.45) is 5.92 Å². The second kappa shape index (κ2) is 10.6. The number of ether oxygens (including phenoxy) is 2. The van der Waals surface area contributed by atoms with Crippen molar-refractivity contribution in [3.8, 4) is 17.0 Å². The van der Waals surface area contributed by atoms with E-state index in [1.807, 2.05) is 31.2 Å². The summed E-state index contributed by atoms with van der Waals surface area (Å²) in [6, 6.07) is 9.21. The summed E-state index contributed by atoms with van der Waals surface area (Å²) in [5, 5.41) is 12.6. The van der Waals surface area contributed by atoms with Crippen LogP contribution in [0, 0.1) is 12.8 Å². The fourth-order valence-electron chi connectivity index (χ4n) is 5.22. The van der Waals surface area contributed by atoms with E-state index in [2.05, 4.69) is 10.2 Å². The topological polar surface area (TPSA) is 87.2 Å². The highest BCUT2D eigenvalue weighted by Gasteiger charge is 2.46. The predicted molar refractivity (Wildman–Crippen MR) is 136 cm³/mol. The van der Waals surface area contributed by atoms with Gasteiger partial charge in [0, 0.05) is 37.8 Å². The molecule has 4 atom stereocenters. The number of alkyl halides is 3. The maximum atomic E-state index is 12.8. The average Bonchev–Trinajstić information content (AvgIpc) is 3.52. The Kier molecular flexibility index (Phi) is 7.41. The first-order valence-corrected chi connectivity index (χ1v) is 13.0. The molecule has 0 spiro atoms. The minimum absolute atomic E-state index is 0.0868. The minimum atomic E-state index is -4.23. The molecule has 5 rings (SSSR count). The Morgan fingerprint density at radius 2 is 2.11 bits per heavy atom. The Morgan fingerprint density at radius 1 is 1.29 bits per heavy atom. The number of nitrogens with one attached hydrogen (secondary N) is 1. The van der Waals surface area contributed by atoms with Gasteiger partial charge in [-0.1, -0.05) is 6.07 Å². The lowest BCUT2D eigenvalue weighted by molar-refractivity contribution is -0.143. The number of benzene rings is 1. The fraction of sp³-hybridized carbons (Fsp3) is 0.556. The highest BCUT2D eigenvalue weighted by molar-refractivity contribution is 5.90. The number of rotatable bonds is 7. The number of amides is 2. The Balaban J connectivity index is 1.36. The molecule has 0 radical (unpaired) electrons. The monoisotopic (exact) mass is 534 g/mol. The summed E-state index contributed by atoms with van der Waals surface area (Å²) in [4.78, 5) is 21.2. The van der Waals surface area contributed by atoms with Gasteiger partial charge in [0.15, 0.2) is 0 Å². The lowest BCUT2D eigenvalue weighted by atomic mass is 10.00. The molecule has 1 aliphatic carbocycles. The van der Waals surface area contributed by atoms with Gasteiger partial charge in [-0.05, 0) is 67.5 Å². The van der Waals surface area contributed by atoms with Crippen LogP contribution in [0.3, 0.4) is 0 Å². The molecule has 2 N–H and O–H groups in total. The summed E-state index contributed by atoms with van der Waals surface area (Å²) < 4.78 is 49.8. The van der Waals surface area contributed by atoms with Crippen LogP contribution >= 0.6 is 0 Å². The number of urea groups is 1. The van der Waals surface area contributed by atoms with Crippen molar-refractivity contribution >= 4 is 17.5 Å². The molecule has 3 aliphatic rings. The summed E-state index contributed by atoms with van der Waals surface area (Å²) >= 11 is 0. The van der Waals surface area contributed by atoms with E-state index in [4.69, 9.17) is 14.5 Å². The molecule has 1 aromatic carbocycles. The van der Waals surface area contributed by atoms with Crippen LogP contribution in [-0.4, -0.2) is 78.3 Å². The Labute approximate surface area is 219 Å². The van der Waals surface area contributed by atoms with E-state index in [0.717, 1.165) is 28.9 Å². The first kappa shape index (κ1) is 26.6. The van der Waals surface area contributed by atoms with Crippen molar-refractivity contribution in [1.82, 2.24) is 9.88 Å². The standard InChI is InChI=1S/C27H33F3N4O4/c1-16-3-4-20(31-26(36)33-6-5-18(14-33)13-27(28,29)30)11-21(16)19-9-24(32-25(10-19)38-15-17(2)35)34-7-8-37-23-12-22(23)34/h3-4,9-11,17-18,22-23,35H,5-8,12-15H2,1-2H3,(H,31,36)/t17-,18+,22?,23?/m1/s1. The number of carbonyl (C=O) groups is 1. The van der Waals surface area contributed by atoms with Crippen LogP contribution in [0.5, 0.6) is 5.88 Å². The number of aryl methyl sites for hydroxylation is 1. The molecule has 11 heteroatoms. The van der Waals surface area contributed by atoms with Crippen molar-refractivity contribution in [2.45, 2.75) is 57.5 Å². The van der Waals surface area contributed by atoms with Gasteiger partial charge in [-0.2, -0.15) is 18.2 Å². The zero-order chi connectivity index (χ0) is 27.0. The second-order valence-corrected chi connectivity index (χ2v) is 10.5. The van der Waals surface area contributed by atoms with Crippen molar-refractivity contribution in [3.05, 3.63) is 35.9 Å². The smallest absolute Gasteiger partial charge is 0.389 e. The van der Waals surface area contributed by atoms with Gasteiger partial charge in [-0.3, -0.25) is 0 Å². The molecule has 0 bridgehead atoms. The average molecular weight is 535 g/mol. The summed E-state index contributed by atoms with van der Waals surface area (Å²) in [5.41, 5.74) is 3.23. The first-order chi connectivity index (χ1) is 18.1. The van der Waals surface area contributed by atoms with E-state index < -0.39 is 30.7 Å². The largest absolute Gasteiger partial charge is 0.475 e. The van der Waals surface area contributed by atoms with Gasteiger partial charge in [0.1, 0.15) is 12.4 Å². The van der Waals surface area contributed by atoms with Crippen molar-refractivity contribution < 1.29 is 32.5 Å². The van der Waals surface area contributed by atoms with Crippen molar-refractivity contribution in [3.63, 3.8) is 0 Å². The highest BCUT2D eigenvalue weighted by Crippen LogP contribution is 2.39. The number of nitrogens with zero attached hydrogens (tertiary/aromatic N) is 3. The molecule has 1 saturated carbocycles. The molecule has 1 aromatic heterocycles. The number of aliphatic hydroxyl groups is 1. The number of hydrogen-bond acceptors (Lipinski definition) is 6. The van der Waals surface area contributed by atoms with Crippen LogP contribution in [0.2, 0.25) is 0 Å². The quantitative estimate of drug-likeness (QED) is 0.540. The Hall–Kier alpha value is -3.05. The molecule has 8 nitrogen and oxygen atoms in total. The molecule has 2 aromatic rings. The van der Waals surface area contributed by atoms with E-state index in [9.17, 15) is 23.1 Å². The van der Waals surface area contributed by atoms with Crippen molar-refractivity contribution in [2.75, 3.05) is 43.1 Å². The van der Waals surface area contributed by atoms with Gasteiger partial charge in [0.05, 0.1) is 24.9 Å². The molecule has 3 fully saturated rings. The number of anilines is 2. The van der Waals surface area contributed by atoms with Crippen molar-refractivity contribution in [1.29, 1.82) is 0 Å². The molecular formula is C27H33F3N4O4. The third-order valence-electron chi connectivity index (χ3n) is 7.21. The van der Waals surface area contributed by atoms with Crippen LogP contribution in [0.15, 0.2) is 30.3 Å². The maximum absolute atomic E-state index is 12.8. The predicted octanol–water partition coefficient (Wildman–Crippen LogP) is 4.60. The van der Waals surface area contributed by atoms with Crippen LogP contribution in [-0.2, 0) is 4.74 Å².